The van der Waals surface area contributed by atoms with Gasteiger partial charge in [-0.05, 0) is 35.9 Å². The maximum Gasteiger partial charge on any atom is 0.203 e. The lowest BCUT2D eigenvalue weighted by atomic mass is 10.1. The van der Waals surface area contributed by atoms with Gasteiger partial charge in [-0.3, -0.25) is 4.79 Å². The summed E-state index contributed by atoms with van der Waals surface area (Å²) in [4.78, 5) is 12.3. The molecule has 0 heterocycles. The summed E-state index contributed by atoms with van der Waals surface area (Å²) in [5.41, 5.74) is 0.679. The molecule has 0 unspecified atom stereocenters. The Balaban J connectivity index is 2.32. The highest BCUT2D eigenvalue weighted by Gasteiger charge is 2.15. The molecule has 0 spiro atoms. The minimum absolute atomic E-state index is 0.309. The van der Waals surface area contributed by atoms with E-state index < -0.39 is 11.6 Å². The molecule has 0 radical (unpaired) electrons. The summed E-state index contributed by atoms with van der Waals surface area (Å²) < 4.78 is 41.6. The molecule has 6 heteroatoms. The predicted octanol–water partition coefficient (Wildman–Crippen LogP) is 3.89. The Bertz CT molecular complexity index is 760. The zero-order valence-electron chi connectivity index (χ0n) is 13.4. The molecule has 0 saturated carbocycles. The standard InChI is InChI=1S/C18H16F2O4/c1-22-16-9-12(10-17(23-2)18(16)24-3)15(21)7-5-11-4-6-13(19)14(20)8-11/h4-10H,1-3H3/b7-5+. The van der Waals surface area contributed by atoms with Gasteiger partial charge >= 0.3 is 0 Å². The number of hydrogen-bond donors (Lipinski definition) is 0. The summed E-state index contributed by atoms with van der Waals surface area (Å²) in [7, 11) is 4.36. The van der Waals surface area contributed by atoms with Crippen LogP contribution in [-0.4, -0.2) is 27.1 Å². The Morgan fingerprint density at radius 3 is 2.04 bits per heavy atom. The number of rotatable bonds is 6. The fraction of sp³-hybridized carbons (Fsp3) is 0.167. The van der Waals surface area contributed by atoms with Crippen LogP contribution in [0.4, 0.5) is 8.78 Å². The van der Waals surface area contributed by atoms with Crippen molar-refractivity contribution in [1.29, 1.82) is 0 Å². The van der Waals surface area contributed by atoms with Crippen molar-refractivity contribution in [3.8, 4) is 17.2 Å². The smallest absolute Gasteiger partial charge is 0.203 e. The number of allylic oxidation sites excluding steroid dienone is 1. The topological polar surface area (TPSA) is 44.8 Å². The maximum absolute atomic E-state index is 13.2. The highest BCUT2D eigenvalue weighted by atomic mass is 19.2. The average Bonchev–Trinajstić information content (AvgIpc) is 2.60. The molecule has 24 heavy (non-hydrogen) atoms. The Hall–Kier alpha value is -2.89. The van der Waals surface area contributed by atoms with E-state index in [1.165, 1.54) is 51.7 Å². The van der Waals surface area contributed by atoms with Crippen molar-refractivity contribution in [2.75, 3.05) is 21.3 Å². The predicted molar refractivity (Wildman–Crippen MR) is 85.8 cm³/mol. The van der Waals surface area contributed by atoms with E-state index >= 15 is 0 Å². The summed E-state index contributed by atoms with van der Waals surface area (Å²) in [6.07, 6.45) is 2.65. The van der Waals surface area contributed by atoms with E-state index in [0.29, 0.717) is 28.4 Å². The zero-order chi connectivity index (χ0) is 17.7. The first kappa shape index (κ1) is 17.5. The molecule has 0 aliphatic rings. The lowest BCUT2D eigenvalue weighted by Gasteiger charge is -2.13. The number of ketones is 1. The van der Waals surface area contributed by atoms with Gasteiger partial charge < -0.3 is 14.2 Å². The second-order valence-corrected chi connectivity index (χ2v) is 4.79. The maximum atomic E-state index is 13.2. The summed E-state index contributed by atoms with van der Waals surface area (Å²) in [6.45, 7) is 0. The van der Waals surface area contributed by atoms with Crippen molar-refractivity contribution < 1.29 is 27.8 Å². The lowest BCUT2D eigenvalue weighted by Crippen LogP contribution is -2.00. The van der Waals surface area contributed by atoms with Crippen molar-refractivity contribution in [2.45, 2.75) is 0 Å². The van der Waals surface area contributed by atoms with Crippen LogP contribution in [0.2, 0.25) is 0 Å². The van der Waals surface area contributed by atoms with E-state index in [0.717, 1.165) is 12.1 Å². The molecular weight excluding hydrogens is 318 g/mol. The number of ether oxygens (including phenoxy) is 3. The molecule has 0 N–H and O–H groups in total. The van der Waals surface area contributed by atoms with Gasteiger partial charge in [0.05, 0.1) is 21.3 Å². The van der Waals surface area contributed by atoms with Crippen molar-refractivity contribution in [3.05, 3.63) is 59.2 Å². The van der Waals surface area contributed by atoms with Gasteiger partial charge in [0.1, 0.15) is 0 Å². The molecule has 126 valence electrons. The Morgan fingerprint density at radius 2 is 1.54 bits per heavy atom. The number of halogens is 2. The largest absolute Gasteiger partial charge is 0.493 e. The molecular formula is C18H16F2O4. The second-order valence-electron chi connectivity index (χ2n) is 4.79. The molecule has 4 nitrogen and oxygen atoms in total. The van der Waals surface area contributed by atoms with Crippen LogP contribution in [0.15, 0.2) is 36.4 Å². The Labute approximate surface area is 138 Å². The third-order valence-corrected chi connectivity index (χ3v) is 3.32. The SMILES string of the molecule is COc1cc(C(=O)/C=C/c2ccc(F)c(F)c2)cc(OC)c1OC. The molecule has 0 fully saturated rings. The third kappa shape index (κ3) is 3.71. The van der Waals surface area contributed by atoms with Crippen LogP contribution in [0.5, 0.6) is 17.2 Å². The lowest BCUT2D eigenvalue weighted by molar-refractivity contribution is 0.104. The number of carbonyl (C=O) groups excluding carboxylic acids is 1. The molecule has 0 atom stereocenters. The van der Waals surface area contributed by atoms with Crippen molar-refractivity contribution in [1.82, 2.24) is 0 Å². The summed E-state index contributed by atoms with van der Waals surface area (Å²) in [5, 5.41) is 0. The third-order valence-electron chi connectivity index (χ3n) is 3.32. The van der Waals surface area contributed by atoms with Crippen LogP contribution in [0.25, 0.3) is 6.08 Å². The molecule has 0 aliphatic carbocycles. The van der Waals surface area contributed by atoms with Gasteiger partial charge in [0.25, 0.3) is 0 Å². The molecule has 2 aromatic rings. The monoisotopic (exact) mass is 334 g/mol. The van der Waals surface area contributed by atoms with Gasteiger partial charge in [-0.25, -0.2) is 8.78 Å². The first-order valence-electron chi connectivity index (χ1n) is 6.97. The van der Waals surface area contributed by atoms with Crippen LogP contribution >= 0.6 is 0 Å². The Kier molecular flexibility index (Phi) is 5.52. The first-order valence-corrected chi connectivity index (χ1v) is 6.97. The van der Waals surface area contributed by atoms with E-state index in [2.05, 4.69) is 0 Å². The molecule has 0 saturated heterocycles. The highest BCUT2D eigenvalue weighted by molar-refractivity contribution is 6.07. The van der Waals surface area contributed by atoms with Gasteiger partial charge in [-0.2, -0.15) is 0 Å². The van der Waals surface area contributed by atoms with E-state index in [9.17, 15) is 13.6 Å². The summed E-state index contributed by atoms with van der Waals surface area (Å²) >= 11 is 0. The first-order chi connectivity index (χ1) is 11.5. The summed E-state index contributed by atoms with van der Waals surface area (Å²) in [6, 6.07) is 6.41. The highest BCUT2D eigenvalue weighted by Crippen LogP contribution is 2.38. The Morgan fingerprint density at radius 1 is 0.917 bits per heavy atom. The number of benzene rings is 2. The van der Waals surface area contributed by atoms with Gasteiger partial charge in [0, 0.05) is 5.56 Å². The fourth-order valence-corrected chi connectivity index (χ4v) is 2.11. The van der Waals surface area contributed by atoms with Gasteiger partial charge in [-0.15, -0.1) is 0 Å². The normalized spacial score (nSPS) is 10.7. The van der Waals surface area contributed by atoms with Crippen LogP contribution < -0.4 is 14.2 Å². The second kappa shape index (κ2) is 7.59. The van der Waals surface area contributed by atoms with Crippen LogP contribution in [0.1, 0.15) is 15.9 Å². The molecule has 0 aliphatic heterocycles. The van der Waals surface area contributed by atoms with Crippen LogP contribution in [-0.2, 0) is 0 Å². The van der Waals surface area contributed by atoms with Crippen molar-refractivity contribution >= 4 is 11.9 Å². The van der Waals surface area contributed by atoms with Crippen molar-refractivity contribution in [3.63, 3.8) is 0 Å². The minimum atomic E-state index is -0.975. The van der Waals surface area contributed by atoms with E-state index in [1.807, 2.05) is 0 Å². The summed E-state index contributed by atoms with van der Waals surface area (Å²) in [5.74, 6) is -1.19. The van der Waals surface area contributed by atoms with Crippen molar-refractivity contribution in [2.24, 2.45) is 0 Å². The van der Waals surface area contributed by atoms with E-state index in [4.69, 9.17) is 14.2 Å². The van der Waals surface area contributed by atoms with Gasteiger partial charge in [-0.1, -0.05) is 12.1 Å². The number of carbonyl (C=O) groups is 1. The number of hydrogen-bond acceptors (Lipinski definition) is 4. The van der Waals surface area contributed by atoms with Gasteiger partial charge in [0.2, 0.25) is 5.75 Å². The quantitative estimate of drug-likeness (QED) is 0.594. The molecule has 0 aromatic heterocycles. The van der Waals surface area contributed by atoms with Gasteiger partial charge in [0.15, 0.2) is 28.9 Å². The van der Waals surface area contributed by atoms with Crippen LogP contribution in [0, 0.1) is 11.6 Å². The van der Waals surface area contributed by atoms with E-state index in [1.54, 1.807) is 0 Å². The molecule has 2 aromatic carbocycles. The molecule has 0 bridgehead atoms. The number of methoxy groups -OCH3 is 3. The molecule has 2 rings (SSSR count). The average molecular weight is 334 g/mol. The minimum Gasteiger partial charge on any atom is -0.493 e. The van der Waals surface area contributed by atoms with Crippen LogP contribution in [0.3, 0.4) is 0 Å². The van der Waals surface area contributed by atoms with E-state index in [-0.39, 0.29) is 5.78 Å². The molecule has 0 amide bonds. The zero-order valence-corrected chi connectivity index (χ0v) is 13.4. The fourth-order valence-electron chi connectivity index (χ4n) is 2.11.